The van der Waals surface area contributed by atoms with E-state index < -0.39 is 275 Å². The zero-order chi connectivity index (χ0) is 93.9. The van der Waals surface area contributed by atoms with Gasteiger partial charge in [0.1, 0.15) is 103 Å². The molecule has 706 valence electrons. The summed E-state index contributed by atoms with van der Waals surface area (Å²) >= 11 is 0. The molecule has 6 heterocycles. The number of benzene rings is 1. The van der Waals surface area contributed by atoms with E-state index in [1.807, 2.05) is 6.08 Å². The van der Waals surface area contributed by atoms with E-state index in [0.29, 0.717) is 12.8 Å². The molecule has 0 saturated carbocycles. The maximum Gasteiger partial charge on any atom is 0.474 e. The second kappa shape index (κ2) is 46.7. The number of phosphoric acid groups is 1. The number of aromatic nitrogens is 3. The molecule has 2 aromatic rings. The minimum Gasteiger partial charge on any atom is -0.481 e. The van der Waals surface area contributed by atoms with Gasteiger partial charge in [0.15, 0.2) is 61.7 Å². The summed E-state index contributed by atoms with van der Waals surface area (Å²) in [6.45, 7) is 16.2. The summed E-state index contributed by atoms with van der Waals surface area (Å²) in [6.07, 6.45) is -38.3. The van der Waals surface area contributed by atoms with Crippen molar-refractivity contribution in [2.75, 3.05) is 39.5 Å². The number of nitro groups is 1. The number of nitrogens with zero attached hydrogens (tertiary/aromatic N) is 4. The lowest BCUT2D eigenvalue weighted by atomic mass is 9.85. The molecule has 1 aromatic heterocycles. The van der Waals surface area contributed by atoms with Gasteiger partial charge in [0.25, 0.3) is 11.6 Å². The molecule has 5 aliphatic rings. The first-order chi connectivity index (χ1) is 59.0. The summed E-state index contributed by atoms with van der Waals surface area (Å²) in [7, 11) is -5.90. The Balaban J connectivity index is 1.17. The normalized spacial score (nSPS) is 31.6. The van der Waals surface area contributed by atoms with Crippen molar-refractivity contribution >= 4 is 61.0 Å². The number of ether oxygens (including phenoxy) is 11. The van der Waals surface area contributed by atoms with Gasteiger partial charge in [-0.3, -0.25) is 47.9 Å². The molecular weight excluding hydrogens is 1700 g/mol. The van der Waals surface area contributed by atoms with Crippen molar-refractivity contribution in [3.05, 3.63) is 105 Å². The van der Waals surface area contributed by atoms with Gasteiger partial charge < -0.3 is 151 Å². The average molecular weight is 1820 g/mol. The number of aliphatic carboxylic acids is 2. The van der Waals surface area contributed by atoms with Gasteiger partial charge in [0, 0.05) is 39.4 Å². The Hall–Kier alpha value is -8.51. The van der Waals surface area contributed by atoms with Gasteiger partial charge in [-0.1, -0.05) is 73.1 Å². The van der Waals surface area contributed by atoms with E-state index in [-0.39, 0.29) is 30.8 Å². The molecule has 5 aliphatic heterocycles. The van der Waals surface area contributed by atoms with E-state index in [2.05, 4.69) is 85.5 Å². The van der Waals surface area contributed by atoms with Crippen LogP contribution in [0, 0.1) is 15.5 Å². The number of carbonyl (C=O) groups is 8. The molecule has 5 fully saturated rings. The molecule has 5 amide bonds. The number of nitrogens with one attached hydrogen (secondary N) is 3. The quantitative estimate of drug-likeness (QED) is 0.0116. The van der Waals surface area contributed by atoms with Gasteiger partial charge in [-0.25, -0.2) is 23.8 Å². The monoisotopic (exact) mass is 1820 g/mol. The van der Waals surface area contributed by atoms with E-state index in [0.717, 1.165) is 86.9 Å². The summed E-state index contributed by atoms with van der Waals surface area (Å²) in [4.78, 5) is 131. The number of phosphoric ester groups is 1. The van der Waals surface area contributed by atoms with Gasteiger partial charge in [-0.05, 0) is 104 Å². The van der Waals surface area contributed by atoms with Crippen LogP contribution in [0.4, 0.5) is 10.5 Å². The Kier molecular flexibility index (Phi) is 38.7. The number of rotatable bonds is 45. The number of carboxylic acid groups (broad SMARTS) is 2. The number of allylic oxidation sites excluding steroid dienone is 8. The highest BCUT2D eigenvalue weighted by molar-refractivity contribution is 7.47. The predicted molar refractivity (Wildman–Crippen MR) is 429 cm³/mol. The second-order valence-corrected chi connectivity index (χ2v) is 33.6. The van der Waals surface area contributed by atoms with E-state index in [9.17, 15) is 119 Å². The lowest BCUT2D eigenvalue weighted by Crippen LogP contribution is -2.72. The molecule has 0 radical (unpaired) electrons. The number of primary amides is 2. The van der Waals surface area contributed by atoms with E-state index in [1.54, 1.807) is 13.0 Å². The van der Waals surface area contributed by atoms with E-state index >= 15 is 0 Å². The smallest absolute Gasteiger partial charge is 0.474 e. The second-order valence-electron chi connectivity index (χ2n) is 32.1. The Morgan fingerprint density at radius 2 is 1.35 bits per heavy atom. The Morgan fingerprint density at radius 1 is 0.746 bits per heavy atom. The molecule has 22 N–H and O–H groups in total. The summed E-state index contributed by atoms with van der Waals surface area (Å²) in [5.41, 5.74) is 16.4. The zero-order valence-corrected chi connectivity index (χ0v) is 71.8. The Morgan fingerprint density at radius 3 is 1.95 bits per heavy atom. The molecule has 0 aliphatic carbocycles. The van der Waals surface area contributed by atoms with Crippen LogP contribution in [0.1, 0.15) is 160 Å². The number of Topliss-reactive ketones (excluding diaryl/α,β-unsaturated/α-hetero) is 1. The summed E-state index contributed by atoms with van der Waals surface area (Å²) < 4.78 is 90.9. The maximum absolute atomic E-state index is 14.2. The summed E-state index contributed by atoms with van der Waals surface area (Å²) in [5, 5.41) is 158. The van der Waals surface area contributed by atoms with Crippen LogP contribution < -0.4 is 33.2 Å². The van der Waals surface area contributed by atoms with Crippen LogP contribution in [0.2, 0.25) is 0 Å². The maximum atomic E-state index is 14.2. The Labute approximate surface area is 722 Å². The van der Waals surface area contributed by atoms with Crippen molar-refractivity contribution in [3.63, 3.8) is 0 Å². The van der Waals surface area contributed by atoms with Gasteiger partial charge in [0.05, 0.1) is 49.6 Å². The molecule has 1 unspecified atom stereocenters. The van der Waals surface area contributed by atoms with E-state index in [4.69, 9.17) is 78.4 Å². The van der Waals surface area contributed by atoms with Gasteiger partial charge in [-0.2, -0.15) is 0 Å². The lowest BCUT2D eigenvalue weighted by Gasteiger charge is -2.52. The minimum atomic E-state index is -5.90. The molecule has 0 spiro atoms. The van der Waals surface area contributed by atoms with Crippen LogP contribution in [-0.4, -0.2) is 326 Å². The van der Waals surface area contributed by atoms with Crippen molar-refractivity contribution < 1.29 is 175 Å². The van der Waals surface area contributed by atoms with E-state index in [1.165, 1.54) is 18.1 Å². The van der Waals surface area contributed by atoms with Crippen LogP contribution in [0.15, 0.2) is 77.5 Å². The first-order valence-electron chi connectivity index (χ1n) is 40.2. The highest BCUT2D eigenvalue weighted by atomic mass is 31.2. The molecule has 7 rings (SSSR count). The number of hydrogen-bond acceptors (Lipinski definition) is 37. The minimum absolute atomic E-state index is 0.105. The number of nitro benzene ring substituents is 1. The van der Waals surface area contributed by atoms with Crippen molar-refractivity contribution in [1.29, 1.82) is 0 Å². The first-order valence-corrected chi connectivity index (χ1v) is 41.7. The number of aliphatic hydroxyl groups is 10. The average Bonchev–Trinajstić information content (AvgIpc) is 0.813. The van der Waals surface area contributed by atoms with Crippen LogP contribution in [-0.2, 0) is 89.7 Å². The first kappa shape index (κ1) is 105. The number of nitrogens with two attached hydrogens (primary N) is 3. The molecule has 48 heteroatoms. The molecule has 0 bridgehead atoms. The van der Waals surface area contributed by atoms with Crippen LogP contribution in [0.3, 0.4) is 0 Å². The lowest BCUT2D eigenvalue weighted by molar-refractivity contribution is -0.385. The van der Waals surface area contributed by atoms with Crippen LogP contribution >= 0.6 is 7.82 Å². The summed E-state index contributed by atoms with van der Waals surface area (Å²) in [5.74, 6) is -10.3. The topological polar surface area (TPSA) is 725 Å². The van der Waals surface area contributed by atoms with Crippen molar-refractivity contribution in [1.82, 2.24) is 30.7 Å². The fraction of sp³-hybridized carbons (Fsp3) is 0.667. The third-order valence-electron chi connectivity index (χ3n) is 21.0. The Bertz CT molecular complexity index is 4290. The molecule has 5 saturated heterocycles. The van der Waals surface area contributed by atoms with Crippen molar-refractivity contribution in [2.45, 2.75) is 286 Å². The highest BCUT2D eigenvalue weighted by Gasteiger charge is 2.63. The number of carboxylic acids is 2. The largest absolute Gasteiger partial charge is 0.481 e. The fourth-order valence-electron chi connectivity index (χ4n) is 14.1. The fourth-order valence-corrected chi connectivity index (χ4v) is 14.9. The van der Waals surface area contributed by atoms with Crippen molar-refractivity contribution in [2.24, 2.45) is 22.6 Å². The predicted octanol–water partition coefficient (Wildman–Crippen LogP) is -1.68. The number of carbonyl (C=O) groups excluding carboxylic acids is 6. The standard InChI is InChI=1S/C78H117N10O37P/c1-35(2)15-14-17-36(3)18-19-38(5)24-27-77(9,10)26-13-12-16-37(4)25-30-113-48(70(105)106)34-115-126(111,112)125-75-63(64(124-76(81)107)78(11,108)65(123-75)66(80)103)122-72-51(84-41(8)91)54(97)61(47(118-72)33-114-73-58(101)55(98)52(95)46(32-89)117-73)120-71-50(83-40(7)90)53(96)60(39(6)116-71)119-74-59(102)56(99)57(100)62(121-74)68-85-67(45(92)22-23-49(93)94)86-87(68)42-20-21-44(88(109)110)43(31-42)69(104)82-29-28-79/h13,15,18,20-21,25-26,31,39,46-48,50-65,71-75,89,95-102,108H,5,12,14,16-17,19,22-24,27-30,32-34,79H2,1-4,6-11H3,(H2,80,103)(H2,81,107)(H,82,104)(H,83,90)(H,84,91)(H,93,94)(H,105,106)(H,111,112)/b26-13+,36-18+,37-25-/t39-,46-,47-,48-,50-,51-,52-,53-,54-,55+,56+,57-,58-,59-,60-,61-,62+,63-,64-,65-,71+,72+,73-,74-,75-,78+/m1/s1. The van der Waals surface area contributed by atoms with Crippen LogP contribution in [0.25, 0.3) is 5.69 Å². The van der Waals surface area contributed by atoms with Crippen LogP contribution in [0.5, 0.6) is 0 Å². The third-order valence-corrected chi connectivity index (χ3v) is 22.0. The molecule has 27 atom stereocenters. The number of hydrogen-bond donors (Lipinski definition) is 19. The molecular formula is C78H117N10O37P. The summed E-state index contributed by atoms with van der Waals surface area (Å²) in [6, 6.07) is -1.36. The third kappa shape index (κ3) is 28.5. The number of aliphatic hydroxyl groups excluding tert-OH is 9. The van der Waals surface area contributed by atoms with Crippen molar-refractivity contribution in [3.8, 4) is 5.69 Å². The van der Waals surface area contributed by atoms with Gasteiger partial charge in [0.2, 0.25) is 29.3 Å². The SMILES string of the molecule is C=C(C/C=C(\C)CCC=C(C)C)CCC(C)(C)/C=C/CC/C(C)=C\CO[C@H](COP(=O)(O)O[C@H]1O[C@H](C(N)=O)[C@@](C)(O)[C@H](OC(N)=O)[C@H]1O[C@@H]1O[C@H](CO[C@@H]2O[C@H](CO)[C@@H](O)[C@H](O)[C@H]2O)[C@@H](O[C@@H]2O[C@H](C)[C@@H](O[C@@H]3O[C@H](c4nc(C(=O)CCC(=O)O)nn4-c4ccc([N+](=O)[O-])c(C(=O)NCCN)c4)[C@H](O)[C@H](O)[C@H]3O)[C@H](O)[C@H]2NC(C)=O)[C@H](O)[C@H]1NC(C)=O)C(=O)O. The molecule has 1 aromatic carbocycles. The number of ketones is 1. The molecule has 126 heavy (non-hydrogen) atoms. The molecule has 47 nitrogen and oxygen atoms in total. The number of amides is 5. The zero-order valence-electron chi connectivity index (χ0n) is 70.9. The van der Waals surface area contributed by atoms with Gasteiger partial charge >= 0.3 is 25.9 Å². The highest BCUT2D eigenvalue weighted by Crippen LogP contribution is 2.49. The van der Waals surface area contributed by atoms with Gasteiger partial charge in [-0.15, -0.1) is 5.10 Å².